The summed E-state index contributed by atoms with van der Waals surface area (Å²) in [5.41, 5.74) is -0.954. The van der Waals surface area contributed by atoms with Gasteiger partial charge in [0.15, 0.2) is 11.4 Å². The van der Waals surface area contributed by atoms with E-state index in [1.165, 1.54) is 62.5 Å². The molecule has 4 aromatic rings. The highest BCUT2D eigenvalue weighted by atomic mass is 19.4. The molecule has 26 heteroatoms. The van der Waals surface area contributed by atoms with Crippen molar-refractivity contribution in [2.75, 3.05) is 106 Å². The first-order valence-corrected chi connectivity index (χ1v) is 43.1. The van der Waals surface area contributed by atoms with E-state index in [1.807, 2.05) is 44.2 Å². The van der Waals surface area contributed by atoms with Crippen LogP contribution in [0.2, 0.25) is 0 Å². The number of aromatic nitrogens is 2. The Morgan fingerprint density at radius 2 is 1.08 bits per heavy atom. The highest BCUT2D eigenvalue weighted by Gasteiger charge is 2.56. The number of aliphatic carboxylic acids is 1. The number of nitrogens with zero attached hydrogens (tertiary/aromatic N) is 6. The van der Waals surface area contributed by atoms with Gasteiger partial charge in [-0.2, -0.15) is 13.2 Å². The summed E-state index contributed by atoms with van der Waals surface area (Å²) in [4.78, 5) is 91.1. The molecule has 2 spiro atoms. The number of fused-ring (bicyclic) bond motifs is 6. The van der Waals surface area contributed by atoms with Crippen molar-refractivity contribution in [1.82, 2.24) is 29.6 Å². The Bertz CT molecular complexity index is 3920. The number of methoxy groups -OCH3 is 2. The van der Waals surface area contributed by atoms with E-state index < -0.39 is 82.2 Å². The molecule has 4 saturated heterocycles. The molecule has 650 valence electrons. The van der Waals surface area contributed by atoms with Gasteiger partial charge in [0.2, 0.25) is 5.91 Å². The monoisotopic (exact) mass is 1640 g/mol. The molecule has 0 N–H and O–H groups in total. The van der Waals surface area contributed by atoms with Crippen molar-refractivity contribution < 1.29 is 94.4 Å². The van der Waals surface area contributed by atoms with Gasteiger partial charge >= 0.3 is 30.2 Å². The van der Waals surface area contributed by atoms with Crippen LogP contribution in [-0.2, 0) is 71.4 Å². The number of aryl methyl sites for hydroxylation is 3. The number of hydrogen-bond acceptors (Lipinski definition) is 21. The van der Waals surface area contributed by atoms with Crippen molar-refractivity contribution in [2.45, 2.75) is 276 Å². The van der Waals surface area contributed by atoms with Crippen LogP contribution in [0.1, 0.15) is 238 Å². The largest absolute Gasteiger partial charge is 0.550 e. The van der Waals surface area contributed by atoms with Gasteiger partial charge in [0.1, 0.15) is 65.0 Å². The fraction of sp³-hybridized carbons (Fsp3) is 0.692. The Morgan fingerprint density at radius 1 is 0.615 bits per heavy atom. The van der Waals surface area contributed by atoms with Crippen molar-refractivity contribution >= 4 is 57.7 Å². The second-order valence-electron chi connectivity index (χ2n) is 35.2. The SMILES string of the molecule is C1CCC(CC2CCCCC2)CC1.C=CCCCCC[C@H](C)C(=O)N1C[C@@]2(CCc3c(c(C(F)(F)F)nc4ccc(OCCN5CCOCC5)cc34)O2)C[C@H]1C(=O)OC.C=CCCCCC[C@H](CC(=O)OC(C)(C)C)C(=O)[O-].COC(=O)[C@@H]1CC2(CCc3c(c(C)nc4ccc(OCCN5CCOCC5)cc34)O2)CN1C(=O)OC(C)(C)C. The average molecular weight is 1640 g/mol. The predicted molar refractivity (Wildman–Crippen MR) is 440 cm³/mol. The van der Waals surface area contributed by atoms with Crippen molar-refractivity contribution in [2.24, 2.45) is 23.7 Å². The Kier molecular flexibility index (Phi) is 35.0. The molecule has 2 aliphatic carbocycles. The minimum Gasteiger partial charge on any atom is -0.550 e. The molecule has 6 fully saturated rings. The Hall–Kier alpha value is -7.81. The lowest BCUT2D eigenvalue weighted by molar-refractivity contribution is -0.312. The highest BCUT2D eigenvalue weighted by Crippen LogP contribution is 2.50. The third kappa shape index (κ3) is 27.6. The first-order chi connectivity index (χ1) is 55.8. The topological polar surface area (TPSA) is 257 Å². The number of carboxylic acids is 1. The first-order valence-electron chi connectivity index (χ1n) is 43.1. The van der Waals surface area contributed by atoms with Gasteiger partial charge in [-0.25, -0.2) is 24.4 Å². The number of rotatable bonds is 28. The maximum atomic E-state index is 14.4. The first kappa shape index (κ1) is 93.1. The zero-order chi connectivity index (χ0) is 84.5. The second-order valence-corrected chi connectivity index (χ2v) is 35.2. The summed E-state index contributed by atoms with van der Waals surface area (Å²) < 4.78 is 100.0. The fourth-order valence-electron chi connectivity index (χ4n) is 17.5. The van der Waals surface area contributed by atoms with Gasteiger partial charge < -0.3 is 62.2 Å². The van der Waals surface area contributed by atoms with Crippen LogP contribution in [0, 0.1) is 30.6 Å². The predicted octanol–water partition coefficient (Wildman–Crippen LogP) is 15.8. The third-order valence-corrected chi connectivity index (χ3v) is 23.7. The summed E-state index contributed by atoms with van der Waals surface area (Å²) in [6.07, 6.45) is 26.0. The van der Waals surface area contributed by atoms with Crippen LogP contribution in [-0.4, -0.2) is 206 Å². The van der Waals surface area contributed by atoms with Crippen LogP contribution in [0.25, 0.3) is 21.8 Å². The van der Waals surface area contributed by atoms with Crippen molar-refractivity contribution in [3.05, 3.63) is 84.2 Å². The van der Waals surface area contributed by atoms with Gasteiger partial charge in [-0.15, -0.1) is 13.2 Å². The molecule has 8 heterocycles. The number of hydrogen-bond donors (Lipinski definition) is 0. The van der Waals surface area contributed by atoms with E-state index in [0.717, 1.165) is 143 Å². The van der Waals surface area contributed by atoms with Gasteiger partial charge in [-0.05, 0) is 167 Å². The molecular formula is C91H132F3N6O17-. The van der Waals surface area contributed by atoms with Crippen LogP contribution in [0.3, 0.4) is 0 Å². The van der Waals surface area contributed by atoms with Crippen molar-refractivity contribution in [1.29, 1.82) is 0 Å². The lowest BCUT2D eigenvalue weighted by Crippen LogP contribution is -2.46. The van der Waals surface area contributed by atoms with E-state index >= 15 is 0 Å². The number of likely N-dealkylation sites (tertiary alicyclic amines) is 2. The zero-order valence-electron chi connectivity index (χ0n) is 71.5. The summed E-state index contributed by atoms with van der Waals surface area (Å²) in [6.45, 7) is 31.0. The molecule has 0 radical (unpaired) electrons. The summed E-state index contributed by atoms with van der Waals surface area (Å²) in [7, 11) is 2.58. The summed E-state index contributed by atoms with van der Waals surface area (Å²) in [5.74, 6) is -0.118. The number of pyridine rings is 2. The smallest absolute Gasteiger partial charge is 0.437 e. The molecule has 12 rings (SSSR count). The lowest BCUT2D eigenvalue weighted by Gasteiger charge is -2.37. The molecule has 2 aromatic heterocycles. The van der Waals surface area contributed by atoms with Crippen LogP contribution in [0.15, 0.2) is 61.7 Å². The summed E-state index contributed by atoms with van der Waals surface area (Å²) >= 11 is 0. The van der Waals surface area contributed by atoms with Gasteiger partial charge in [0, 0.05) is 91.8 Å². The van der Waals surface area contributed by atoms with Gasteiger partial charge in [0.05, 0.1) is 76.9 Å². The molecule has 117 heavy (non-hydrogen) atoms. The molecule has 1 unspecified atom stereocenters. The Balaban J connectivity index is 0.000000197. The number of alkyl halides is 3. The van der Waals surface area contributed by atoms with Gasteiger partial charge in [-0.1, -0.05) is 109 Å². The number of benzene rings is 2. The Morgan fingerprint density at radius 3 is 1.55 bits per heavy atom. The summed E-state index contributed by atoms with van der Waals surface area (Å²) in [6, 6.07) is 9.17. The quantitative estimate of drug-likeness (QED) is 0.0221. The van der Waals surface area contributed by atoms with Gasteiger partial charge in [-0.3, -0.25) is 24.3 Å². The molecule has 23 nitrogen and oxygen atoms in total. The zero-order valence-corrected chi connectivity index (χ0v) is 71.5. The number of ether oxygens (including phenoxy) is 10. The van der Waals surface area contributed by atoms with E-state index in [-0.39, 0.29) is 55.4 Å². The van der Waals surface area contributed by atoms with E-state index in [9.17, 15) is 47.0 Å². The standard InChI is InChI=1S/C34H44F3N3O6.C29H39N3O7.C15H26O4.C13H24/c1-4-5-6-7-8-9-23(2)31(41)40-22-33(21-28(40)32(42)43-3)13-12-25-26-20-24(45-19-16-39-14-17-44-18-15-39)10-11-27(26)38-30(29(25)46-33)34(35,36)37;1-19-25-21(22-16-20(6-7-23(22)30-19)37-15-12-31-10-13-36-14-11-31)8-9-29(38-25)17-24(26(33)35-5)32(18-29)27(34)39-28(2,3)4;1-5-6-7-8-9-10-12(14(17)18)11-13(16)19-15(2,3)4;1-3-7-12(8-4-1)11-13-9-5-2-6-10-13/h4,10-11,20,23,28H,1,5-9,12-19,21-22H2,2-3H3;6-7,16,24H,8-15,17-18H2,1-5H3;5,12H,1,6-11H2,2-4H3,(H,17,18);12-13H,1-11H2/p-1/t23-,28-,33+;24-,29?;12-;/m001./s1. The minimum atomic E-state index is -4.78. The van der Waals surface area contributed by atoms with Crippen LogP contribution in [0.4, 0.5) is 18.0 Å². The number of halogens is 3. The molecule has 6 aliphatic heterocycles. The molecule has 8 aliphatic rings. The number of allylic oxidation sites excluding steroid dienone is 2. The minimum absolute atomic E-state index is 0.00807. The van der Waals surface area contributed by atoms with Crippen LogP contribution >= 0.6 is 0 Å². The molecule has 2 saturated carbocycles. The number of morpholine rings is 2. The van der Waals surface area contributed by atoms with Crippen LogP contribution < -0.4 is 24.1 Å². The van der Waals surface area contributed by atoms with Crippen LogP contribution in [0.5, 0.6) is 23.0 Å². The average Bonchev–Trinajstić information content (AvgIpc) is 1.66. The van der Waals surface area contributed by atoms with E-state index in [2.05, 4.69) is 27.9 Å². The Labute approximate surface area is 691 Å². The van der Waals surface area contributed by atoms with Gasteiger partial charge in [0.25, 0.3) is 0 Å². The van der Waals surface area contributed by atoms with Crippen molar-refractivity contribution in [3.63, 3.8) is 0 Å². The number of carbonyl (C=O) groups excluding carboxylic acids is 6. The van der Waals surface area contributed by atoms with E-state index in [1.54, 1.807) is 91.8 Å². The number of carbonyl (C=O) groups is 6. The maximum absolute atomic E-state index is 14.4. The normalized spacial score (nSPS) is 21.8. The van der Waals surface area contributed by atoms with E-state index in [0.29, 0.717) is 87.5 Å². The molecule has 0 bridgehead atoms. The number of esters is 3. The lowest BCUT2D eigenvalue weighted by atomic mass is 9.78. The molecular weight excluding hydrogens is 1510 g/mol. The van der Waals surface area contributed by atoms with Crippen molar-refractivity contribution in [3.8, 4) is 23.0 Å². The number of amides is 2. The molecule has 6 atom stereocenters. The highest BCUT2D eigenvalue weighted by molar-refractivity contribution is 5.89. The third-order valence-electron chi connectivity index (χ3n) is 23.7. The summed E-state index contributed by atoms with van der Waals surface area (Å²) in [5, 5.41) is 12.5. The molecule has 2 aromatic carbocycles. The molecule has 2 amide bonds. The van der Waals surface area contributed by atoms with E-state index in [4.69, 9.17) is 52.4 Å². The second kappa shape index (κ2) is 43.9. The maximum Gasteiger partial charge on any atom is 0.437 e. The number of carboxylic acid groups (broad SMARTS) is 1. The fourth-order valence-corrected chi connectivity index (χ4v) is 17.5. The number of unbranched alkanes of at least 4 members (excludes halogenated alkanes) is 6.